The molecule has 0 atom stereocenters. The van der Waals surface area contributed by atoms with Crippen molar-refractivity contribution in [2.45, 2.75) is 0 Å². The van der Waals surface area contributed by atoms with Crippen molar-refractivity contribution < 1.29 is 13.9 Å². The van der Waals surface area contributed by atoms with Gasteiger partial charge in [-0.25, -0.2) is 14.4 Å². The predicted octanol–water partition coefficient (Wildman–Crippen LogP) is 4.47. The lowest BCUT2D eigenvalue weighted by atomic mass is 10.1. The molecule has 4 aromatic rings. The molecule has 0 N–H and O–H groups in total. The van der Waals surface area contributed by atoms with E-state index < -0.39 is 5.82 Å². The van der Waals surface area contributed by atoms with Crippen molar-refractivity contribution >= 4 is 29.0 Å². The first-order valence-electron chi connectivity index (χ1n) is 8.70. The fraction of sp³-hybridized carbons (Fsp3) is 0.0952. The molecule has 0 spiro atoms. The first-order valence-corrected chi connectivity index (χ1v) is 9.08. The number of benzene rings is 2. The van der Waals surface area contributed by atoms with Gasteiger partial charge in [0.1, 0.15) is 23.0 Å². The molecule has 0 saturated heterocycles. The van der Waals surface area contributed by atoms with Gasteiger partial charge in [-0.15, -0.1) is 0 Å². The summed E-state index contributed by atoms with van der Waals surface area (Å²) >= 11 is 5.94. The molecule has 0 aliphatic heterocycles. The summed E-state index contributed by atoms with van der Waals surface area (Å²) in [6, 6.07) is 12.9. The van der Waals surface area contributed by atoms with Gasteiger partial charge in [0.15, 0.2) is 0 Å². The van der Waals surface area contributed by atoms with Crippen LogP contribution in [0.5, 0.6) is 5.75 Å². The number of rotatable bonds is 4. The van der Waals surface area contributed by atoms with E-state index in [4.69, 9.17) is 16.3 Å². The number of aromatic nitrogens is 3. The van der Waals surface area contributed by atoms with E-state index in [9.17, 15) is 9.18 Å². The number of carbonyl (C=O) groups is 1. The van der Waals surface area contributed by atoms with E-state index >= 15 is 0 Å². The Balaban J connectivity index is 1.88. The largest absolute Gasteiger partial charge is 0.497 e. The first-order chi connectivity index (χ1) is 14.0. The topological polar surface area (TPSA) is 59.7 Å². The van der Waals surface area contributed by atoms with Gasteiger partial charge in [-0.2, -0.15) is 0 Å². The molecule has 4 rings (SSSR count). The zero-order valence-corrected chi connectivity index (χ0v) is 16.4. The Kier molecular flexibility index (Phi) is 4.90. The van der Waals surface area contributed by atoms with Gasteiger partial charge in [-0.3, -0.25) is 9.20 Å². The van der Waals surface area contributed by atoms with E-state index in [0.717, 1.165) is 0 Å². The van der Waals surface area contributed by atoms with Gasteiger partial charge in [0, 0.05) is 41.8 Å². The fourth-order valence-electron chi connectivity index (χ4n) is 3.04. The molecule has 6 nitrogen and oxygen atoms in total. The van der Waals surface area contributed by atoms with Gasteiger partial charge >= 0.3 is 0 Å². The zero-order valence-electron chi connectivity index (χ0n) is 15.6. The maximum Gasteiger partial charge on any atom is 0.277 e. The zero-order chi connectivity index (χ0) is 20.5. The van der Waals surface area contributed by atoms with Gasteiger partial charge in [-0.05, 0) is 42.5 Å². The van der Waals surface area contributed by atoms with E-state index in [1.807, 2.05) is 0 Å². The summed E-state index contributed by atoms with van der Waals surface area (Å²) in [5.41, 5.74) is 1.23. The van der Waals surface area contributed by atoms with Crippen LogP contribution < -0.4 is 9.64 Å². The van der Waals surface area contributed by atoms with Gasteiger partial charge in [0.2, 0.25) is 5.78 Å². The second-order valence-electron chi connectivity index (χ2n) is 6.29. The van der Waals surface area contributed by atoms with Crippen molar-refractivity contribution in [3.63, 3.8) is 0 Å². The van der Waals surface area contributed by atoms with Gasteiger partial charge in [-0.1, -0.05) is 11.6 Å². The van der Waals surface area contributed by atoms with Crippen molar-refractivity contribution in [2.75, 3.05) is 19.1 Å². The highest BCUT2D eigenvalue weighted by atomic mass is 35.5. The number of carbonyl (C=O) groups excluding carboxylic acids is 1. The quantitative estimate of drug-likeness (QED) is 0.498. The Morgan fingerprint density at radius 2 is 1.97 bits per heavy atom. The van der Waals surface area contributed by atoms with Crippen LogP contribution in [0.15, 0.2) is 60.9 Å². The lowest BCUT2D eigenvalue weighted by molar-refractivity contribution is 0.0988. The van der Waals surface area contributed by atoms with Crippen LogP contribution in [0.4, 0.5) is 10.1 Å². The number of amides is 1. The molecule has 0 aliphatic carbocycles. The van der Waals surface area contributed by atoms with Crippen molar-refractivity contribution in [3.05, 3.63) is 77.5 Å². The number of hydrogen-bond acceptors (Lipinski definition) is 4. The fourth-order valence-corrected chi connectivity index (χ4v) is 3.16. The average Bonchev–Trinajstić information content (AvgIpc) is 3.12. The molecule has 0 radical (unpaired) electrons. The van der Waals surface area contributed by atoms with Crippen molar-refractivity contribution in [3.8, 4) is 17.0 Å². The summed E-state index contributed by atoms with van der Waals surface area (Å²) in [5, 5.41) is 0.564. The molecule has 0 saturated carbocycles. The average molecular weight is 411 g/mol. The van der Waals surface area contributed by atoms with Crippen molar-refractivity contribution in [1.82, 2.24) is 14.4 Å². The maximum atomic E-state index is 14.8. The first kappa shape index (κ1) is 18.9. The smallest absolute Gasteiger partial charge is 0.277 e. The molecule has 146 valence electrons. The summed E-state index contributed by atoms with van der Waals surface area (Å²) in [4.78, 5) is 23.5. The normalized spacial score (nSPS) is 10.9. The molecular weight excluding hydrogens is 395 g/mol. The van der Waals surface area contributed by atoms with Crippen molar-refractivity contribution in [2.24, 2.45) is 0 Å². The monoisotopic (exact) mass is 410 g/mol. The summed E-state index contributed by atoms with van der Waals surface area (Å²) in [6.45, 7) is 0. The van der Waals surface area contributed by atoms with E-state index in [1.54, 1.807) is 60.2 Å². The Labute approximate surface area is 171 Å². The number of hydrogen-bond donors (Lipinski definition) is 0. The number of fused-ring (bicyclic) bond motifs is 1. The Morgan fingerprint density at radius 3 is 2.66 bits per heavy atom. The molecule has 1 amide bonds. The van der Waals surface area contributed by atoms with Gasteiger partial charge in [0.25, 0.3) is 5.91 Å². The molecule has 0 aliphatic rings. The lowest BCUT2D eigenvalue weighted by Gasteiger charge is -2.18. The molecule has 0 fully saturated rings. The Hall–Kier alpha value is -3.45. The number of anilines is 1. The number of nitrogens with zero attached hydrogens (tertiary/aromatic N) is 4. The van der Waals surface area contributed by atoms with Crippen LogP contribution in [-0.4, -0.2) is 34.4 Å². The maximum absolute atomic E-state index is 14.8. The highest BCUT2D eigenvalue weighted by Crippen LogP contribution is 2.30. The van der Waals surface area contributed by atoms with E-state index in [2.05, 4.69) is 9.97 Å². The van der Waals surface area contributed by atoms with E-state index in [1.165, 1.54) is 24.1 Å². The number of imidazole rings is 1. The second kappa shape index (κ2) is 7.52. The Bertz CT molecular complexity index is 1210. The Morgan fingerprint density at radius 1 is 1.21 bits per heavy atom. The summed E-state index contributed by atoms with van der Waals surface area (Å²) < 4.78 is 21.4. The van der Waals surface area contributed by atoms with E-state index in [0.29, 0.717) is 22.2 Å². The standard InChI is InChI=1S/C21H16ClFN4O2/c1-26(14-6-4-13(22)5-7-14)20(28)19-18(25-21-24-10-3-11-27(19)21)16-9-8-15(29-2)12-17(16)23/h3-12H,1-2H3. The number of methoxy groups -OCH3 is 1. The number of halogens is 2. The lowest BCUT2D eigenvalue weighted by Crippen LogP contribution is -2.28. The van der Waals surface area contributed by atoms with Gasteiger partial charge < -0.3 is 9.64 Å². The third-order valence-electron chi connectivity index (χ3n) is 4.56. The highest BCUT2D eigenvalue weighted by Gasteiger charge is 2.26. The summed E-state index contributed by atoms with van der Waals surface area (Å²) in [7, 11) is 3.09. The van der Waals surface area contributed by atoms with Crippen LogP contribution in [0.1, 0.15) is 10.5 Å². The third-order valence-corrected chi connectivity index (χ3v) is 4.81. The second-order valence-corrected chi connectivity index (χ2v) is 6.72. The highest BCUT2D eigenvalue weighted by molar-refractivity contribution is 6.30. The molecular formula is C21H16ClFN4O2. The molecule has 0 unspecified atom stereocenters. The molecule has 8 heteroatoms. The SMILES string of the molecule is COc1ccc(-c2nc3ncccn3c2C(=O)N(C)c2ccc(Cl)cc2)c(F)c1. The van der Waals surface area contributed by atoms with Crippen molar-refractivity contribution in [1.29, 1.82) is 0 Å². The summed E-state index contributed by atoms with van der Waals surface area (Å²) in [6.07, 6.45) is 3.23. The van der Waals surface area contributed by atoms with Crippen LogP contribution in [0.25, 0.3) is 17.0 Å². The van der Waals surface area contributed by atoms with E-state index in [-0.39, 0.29) is 22.9 Å². The third kappa shape index (κ3) is 3.40. The molecule has 29 heavy (non-hydrogen) atoms. The molecule has 2 aromatic carbocycles. The van der Waals surface area contributed by atoms with Crippen LogP contribution in [0.2, 0.25) is 5.02 Å². The van der Waals surface area contributed by atoms with Crippen LogP contribution in [0.3, 0.4) is 0 Å². The minimum Gasteiger partial charge on any atom is -0.497 e. The minimum absolute atomic E-state index is 0.184. The predicted molar refractivity (Wildman–Crippen MR) is 109 cm³/mol. The van der Waals surface area contributed by atoms with Gasteiger partial charge in [0.05, 0.1) is 7.11 Å². The van der Waals surface area contributed by atoms with Crippen LogP contribution >= 0.6 is 11.6 Å². The number of ether oxygens (including phenoxy) is 1. The molecule has 0 bridgehead atoms. The molecule has 2 heterocycles. The summed E-state index contributed by atoms with van der Waals surface area (Å²) in [5.74, 6) is -0.237. The molecule has 2 aromatic heterocycles. The van der Waals surface area contributed by atoms with Crippen LogP contribution in [0, 0.1) is 5.82 Å². The minimum atomic E-state index is -0.545. The van der Waals surface area contributed by atoms with Crippen LogP contribution in [-0.2, 0) is 0 Å².